The van der Waals surface area contributed by atoms with E-state index < -0.39 is 0 Å². The Morgan fingerprint density at radius 1 is 1.47 bits per heavy atom. The van der Waals surface area contributed by atoms with Crippen LogP contribution in [0.25, 0.3) is 0 Å². The van der Waals surface area contributed by atoms with Gasteiger partial charge in [0.05, 0.1) is 0 Å². The van der Waals surface area contributed by atoms with Crippen LogP contribution in [0.1, 0.15) is 24.8 Å². The van der Waals surface area contributed by atoms with Gasteiger partial charge in [-0.2, -0.15) is 0 Å². The molecule has 88 valence electrons. The van der Waals surface area contributed by atoms with E-state index in [1.165, 1.54) is 0 Å². The molecule has 0 spiro atoms. The maximum Gasteiger partial charge on any atom is 0.176 e. The summed E-state index contributed by atoms with van der Waals surface area (Å²) >= 11 is 0. The van der Waals surface area contributed by atoms with Gasteiger partial charge >= 0.3 is 0 Å². The summed E-state index contributed by atoms with van der Waals surface area (Å²) in [6.45, 7) is 0.595. The van der Waals surface area contributed by atoms with E-state index in [-0.39, 0.29) is 11.5 Å². The number of hydrogen-bond donors (Lipinski definition) is 2. The van der Waals surface area contributed by atoms with Crippen molar-refractivity contribution in [3.63, 3.8) is 0 Å². The molecule has 0 aliphatic heterocycles. The van der Waals surface area contributed by atoms with E-state index in [0.717, 1.165) is 12.0 Å². The minimum absolute atomic E-state index is 0.00689. The highest BCUT2D eigenvalue weighted by atomic mass is 16.3. The van der Waals surface area contributed by atoms with E-state index in [0.29, 0.717) is 25.0 Å². The average Bonchev–Trinajstić information content (AvgIpc) is 2.34. The first-order chi connectivity index (χ1) is 8.27. The predicted octanol–water partition coefficient (Wildman–Crippen LogP) is 0.298. The molecule has 2 N–H and O–H groups in total. The predicted molar refractivity (Wildman–Crippen MR) is 63.5 cm³/mol. The van der Waals surface area contributed by atoms with E-state index in [1.807, 2.05) is 12.1 Å². The van der Waals surface area contributed by atoms with Crippen molar-refractivity contribution in [2.45, 2.75) is 25.8 Å². The zero-order chi connectivity index (χ0) is 12.1. The van der Waals surface area contributed by atoms with Gasteiger partial charge in [0, 0.05) is 30.8 Å². The number of aliphatic hydroxyl groups is 1. The molecule has 1 aromatic rings. The Hall–Kier alpha value is -1.97. The van der Waals surface area contributed by atoms with Gasteiger partial charge in [0.15, 0.2) is 18.5 Å². The number of carbonyl (C=O) groups is 1. The highest BCUT2D eigenvalue weighted by Crippen LogP contribution is 2.17. The summed E-state index contributed by atoms with van der Waals surface area (Å²) in [7, 11) is 0. The Bertz CT molecular complexity index is 464. The maximum absolute atomic E-state index is 11.5. The van der Waals surface area contributed by atoms with Crippen molar-refractivity contribution >= 4 is 12.0 Å². The molecular weight excluding hydrogens is 216 g/mol. The van der Waals surface area contributed by atoms with E-state index in [4.69, 9.17) is 0 Å². The van der Waals surface area contributed by atoms with Gasteiger partial charge in [-0.1, -0.05) is 0 Å². The normalized spacial score (nSPS) is 16.8. The van der Waals surface area contributed by atoms with Crippen molar-refractivity contribution < 1.29 is 14.9 Å². The summed E-state index contributed by atoms with van der Waals surface area (Å²) in [5.41, 5.74) is 1.45. The number of rotatable bonds is 3. The van der Waals surface area contributed by atoms with Gasteiger partial charge in [-0.15, -0.1) is 0 Å². The van der Waals surface area contributed by atoms with Gasteiger partial charge < -0.3 is 5.11 Å². The molecule has 0 aromatic carbocycles. The molecule has 0 bridgehead atoms. The molecule has 2 rings (SSSR count). The van der Waals surface area contributed by atoms with Crippen molar-refractivity contribution in [3.8, 4) is 0 Å². The summed E-state index contributed by atoms with van der Waals surface area (Å²) in [6, 6.07) is 3.81. The molecule has 1 aliphatic rings. The molecule has 0 saturated carbocycles. The van der Waals surface area contributed by atoms with E-state index in [1.54, 1.807) is 18.6 Å². The fraction of sp³-hybridized carbons (Fsp3) is 0.308. The molecule has 0 fully saturated rings. The van der Waals surface area contributed by atoms with Crippen LogP contribution in [0.15, 0.2) is 35.9 Å². The van der Waals surface area contributed by atoms with Crippen molar-refractivity contribution in [2.24, 2.45) is 0 Å². The Morgan fingerprint density at radius 2 is 2.35 bits per heavy atom. The molecule has 0 saturated heterocycles. The molecule has 0 unspecified atom stereocenters. The molecule has 1 aliphatic carbocycles. The third-order valence-corrected chi connectivity index (χ3v) is 2.70. The minimum Gasteiger partial charge on any atom is -0.511 e. The van der Waals surface area contributed by atoms with Crippen LogP contribution in [-0.2, 0) is 11.3 Å². The zero-order valence-electron chi connectivity index (χ0n) is 9.52. The second-order valence-corrected chi connectivity index (χ2v) is 4.02. The van der Waals surface area contributed by atoms with Crippen LogP contribution in [0.3, 0.4) is 0 Å². The van der Waals surface area contributed by atoms with Crippen LogP contribution in [0, 0.1) is 0 Å². The van der Waals surface area contributed by atoms with Crippen molar-refractivity contribution in [1.29, 1.82) is 0 Å². The van der Waals surface area contributed by atoms with Gasteiger partial charge in [0.1, 0.15) is 11.3 Å². The smallest absolute Gasteiger partial charge is 0.176 e. The third-order valence-electron chi connectivity index (χ3n) is 2.70. The van der Waals surface area contributed by atoms with Gasteiger partial charge in [0.2, 0.25) is 0 Å². The van der Waals surface area contributed by atoms with E-state index in [2.05, 4.69) is 9.98 Å². The molecule has 0 radical (unpaired) electrons. The highest BCUT2D eigenvalue weighted by Gasteiger charge is 2.20. The number of allylic oxidation sites excluding steroid dienone is 2. The standard InChI is InChI=1S/C13H14N2O2/c16-12-4-1-5-13(17)11(12)9-15-8-10-3-2-6-14-7-10/h2-3,6-7,9,16H,1,4-5,8H2/p+1. The monoisotopic (exact) mass is 231 g/mol. The second kappa shape index (κ2) is 5.39. The molecule has 1 heterocycles. The third kappa shape index (κ3) is 3.00. The van der Waals surface area contributed by atoms with E-state index >= 15 is 0 Å². The van der Waals surface area contributed by atoms with Crippen LogP contribution in [-0.4, -0.2) is 22.1 Å². The number of hydrogen-bond acceptors (Lipinski definition) is 3. The van der Waals surface area contributed by atoms with Crippen LogP contribution in [0.2, 0.25) is 0 Å². The summed E-state index contributed by atoms with van der Waals surface area (Å²) in [6.07, 6.45) is 6.93. The SMILES string of the molecule is O=C1CCCC(O)=C1C=[NH+]Cc1cccnc1. The molecule has 0 atom stereocenters. The molecule has 17 heavy (non-hydrogen) atoms. The van der Waals surface area contributed by atoms with Crippen molar-refractivity contribution in [1.82, 2.24) is 4.98 Å². The largest absolute Gasteiger partial charge is 0.511 e. The summed E-state index contributed by atoms with van der Waals surface area (Å²) in [5.74, 6) is 0.201. The average molecular weight is 231 g/mol. The number of nitrogens with one attached hydrogen (secondary N) is 1. The number of aromatic nitrogens is 1. The lowest BCUT2D eigenvalue weighted by atomic mass is 9.97. The number of aliphatic hydroxyl groups excluding tert-OH is 1. The quantitative estimate of drug-likeness (QED) is 0.735. The Balaban J connectivity index is 2.03. The van der Waals surface area contributed by atoms with Crippen LogP contribution >= 0.6 is 0 Å². The molecule has 4 nitrogen and oxygen atoms in total. The lowest BCUT2D eigenvalue weighted by Crippen LogP contribution is -2.67. The number of pyridine rings is 1. The van der Waals surface area contributed by atoms with Gasteiger partial charge in [-0.25, -0.2) is 4.99 Å². The van der Waals surface area contributed by atoms with Crippen LogP contribution in [0.4, 0.5) is 0 Å². The molecular formula is C13H15N2O2+. The Morgan fingerprint density at radius 3 is 3.06 bits per heavy atom. The number of ketones is 1. The Kier molecular flexibility index (Phi) is 3.65. The van der Waals surface area contributed by atoms with Crippen molar-refractivity contribution in [2.75, 3.05) is 0 Å². The molecule has 1 aromatic heterocycles. The van der Waals surface area contributed by atoms with E-state index in [9.17, 15) is 9.90 Å². The maximum atomic E-state index is 11.5. The van der Waals surface area contributed by atoms with Crippen LogP contribution < -0.4 is 4.99 Å². The summed E-state index contributed by atoms with van der Waals surface area (Å²) in [4.78, 5) is 18.6. The Labute approximate surface area is 99.7 Å². The summed E-state index contributed by atoms with van der Waals surface area (Å²) < 4.78 is 0. The first-order valence-electron chi connectivity index (χ1n) is 5.68. The molecule has 4 heteroatoms. The number of nitrogens with zero attached hydrogens (tertiary/aromatic N) is 1. The fourth-order valence-corrected chi connectivity index (χ4v) is 1.78. The summed E-state index contributed by atoms with van der Waals surface area (Å²) in [5, 5.41) is 9.61. The minimum atomic E-state index is 0.00689. The zero-order valence-corrected chi connectivity index (χ0v) is 9.52. The number of carbonyl (C=O) groups excluding carboxylic acids is 1. The first-order valence-corrected chi connectivity index (χ1v) is 5.68. The van der Waals surface area contributed by atoms with Crippen molar-refractivity contribution in [3.05, 3.63) is 41.4 Å². The first kappa shape index (κ1) is 11.5. The van der Waals surface area contributed by atoms with Crippen LogP contribution in [0.5, 0.6) is 0 Å². The fourth-order valence-electron chi connectivity index (χ4n) is 1.78. The lowest BCUT2D eigenvalue weighted by molar-refractivity contribution is -0.469. The van der Waals surface area contributed by atoms with Gasteiger partial charge in [-0.3, -0.25) is 9.78 Å². The lowest BCUT2D eigenvalue weighted by Gasteiger charge is -2.09. The number of Topliss-reactive ketones (excluding diaryl/α,β-unsaturated/α-hetero) is 1. The van der Waals surface area contributed by atoms with Gasteiger partial charge in [-0.05, 0) is 18.6 Å². The molecule has 0 amide bonds. The van der Waals surface area contributed by atoms with Gasteiger partial charge in [0.25, 0.3) is 0 Å². The highest BCUT2D eigenvalue weighted by molar-refractivity contribution is 6.12. The topological polar surface area (TPSA) is 64.2 Å². The second-order valence-electron chi connectivity index (χ2n) is 4.02.